The highest BCUT2D eigenvalue weighted by molar-refractivity contribution is 7.09. The monoisotopic (exact) mass is 281 g/mol. The van der Waals surface area contributed by atoms with Crippen molar-refractivity contribution in [3.8, 4) is 0 Å². The van der Waals surface area contributed by atoms with E-state index in [9.17, 15) is 4.79 Å². The van der Waals surface area contributed by atoms with Crippen molar-refractivity contribution in [2.45, 2.75) is 52.0 Å². The smallest absolute Gasteiger partial charge is 0.315 e. The number of amides is 2. The fraction of sp³-hybridized carbons (Fsp3) is 0.714. The van der Waals surface area contributed by atoms with Crippen LogP contribution in [0, 0.1) is 12.8 Å². The Balaban J connectivity index is 1.59. The van der Waals surface area contributed by atoms with Gasteiger partial charge in [-0.2, -0.15) is 0 Å². The lowest BCUT2D eigenvalue weighted by molar-refractivity contribution is 0.234. The molecule has 1 aliphatic carbocycles. The second-order valence-corrected chi connectivity index (χ2v) is 6.34. The Kier molecular flexibility index (Phi) is 5.19. The summed E-state index contributed by atoms with van der Waals surface area (Å²) in [6, 6.07) is 0.343. The van der Waals surface area contributed by atoms with Crippen LogP contribution < -0.4 is 10.6 Å². The average Bonchev–Trinajstić information content (AvgIpc) is 2.95. The molecule has 0 unspecified atom stereocenters. The lowest BCUT2D eigenvalue weighted by Gasteiger charge is -2.17. The van der Waals surface area contributed by atoms with Crippen LogP contribution in [-0.2, 0) is 6.42 Å². The Bertz CT molecular complexity index is 419. The van der Waals surface area contributed by atoms with Crippen LogP contribution in [0.5, 0.6) is 0 Å². The van der Waals surface area contributed by atoms with E-state index in [2.05, 4.69) is 27.9 Å². The SMILES string of the molecule is Cc1csc(CCCNC(=O)N[C@H]2CCC[C@H]2C)n1. The van der Waals surface area contributed by atoms with Gasteiger partial charge in [-0.1, -0.05) is 13.3 Å². The molecule has 19 heavy (non-hydrogen) atoms. The third-order valence-corrected chi connectivity index (χ3v) is 4.72. The number of nitrogens with one attached hydrogen (secondary N) is 2. The van der Waals surface area contributed by atoms with E-state index in [-0.39, 0.29) is 6.03 Å². The molecule has 0 saturated heterocycles. The van der Waals surface area contributed by atoms with Gasteiger partial charge < -0.3 is 10.6 Å². The first-order chi connectivity index (χ1) is 9.15. The highest BCUT2D eigenvalue weighted by Gasteiger charge is 2.24. The van der Waals surface area contributed by atoms with E-state index < -0.39 is 0 Å². The van der Waals surface area contributed by atoms with Gasteiger partial charge in [-0.15, -0.1) is 11.3 Å². The number of hydrogen-bond acceptors (Lipinski definition) is 3. The van der Waals surface area contributed by atoms with E-state index in [1.165, 1.54) is 12.8 Å². The zero-order valence-corrected chi connectivity index (χ0v) is 12.6. The molecule has 0 aliphatic heterocycles. The van der Waals surface area contributed by atoms with Crippen molar-refractivity contribution in [1.29, 1.82) is 0 Å². The molecule has 1 heterocycles. The molecule has 2 atom stereocenters. The van der Waals surface area contributed by atoms with Crippen LogP contribution in [0.4, 0.5) is 4.79 Å². The zero-order chi connectivity index (χ0) is 13.7. The molecular weight excluding hydrogens is 258 g/mol. The number of nitrogens with zero attached hydrogens (tertiary/aromatic N) is 1. The summed E-state index contributed by atoms with van der Waals surface area (Å²) in [4.78, 5) is 16.1. The Morgan fingerprint density at radius 3 is 3.00 bits per heavy atom. The molecule has 5 heteroatoms. The standard InChI is InChI=1S/C14H23N3OS/c1-10-5-3-6-12(10)17-14(18)15-8-4-7-13-16-11(2)9-19-13/h9-10,12H,3-8H2,1-2H3,(H2,15,17,18)/t10-,12+/m1/s1. The van der Waals surface area contributed by atoms with Crippen LogP contribution in [0.15, 0.2) is 5.38 Å². The molecule has 0 aromatic carbocycles. The largest absolute Gasteiger partial charge is 0.338 e. The number of rotatable bonds is 5. The van der Waals surface area contributed by atoms with Crippen LogP contribution >= 0.6 is 11.3 Å². The number of aromatic nitrogens is 1. The van der Waals surface area contributed by atoms with E-state index in [1.807, 2.05) is 6.92 Å². The van der Waals surface area contributed by atoms with Gasteiger partial charge in [0.05, 0.1) is 5.01 Å². The number of carbonyl (C=O) groups is 1. The van der Waals surface area contributed by atoms with E-state index >= 15 is 0 Å². The summed E-state index contributed by atoms with van der Waals surface area (Å²) >= 11 is 1.70. The van der Waals surface area contributed by atoms with Crippen molar-refractivity contribution in [2.75, 3.05) is 6.54 Å². The average molecular weight is 281 g/mol. The van der Waals surface area contributed by atoms with E-state index in [1.54, 1.807) is 11.3 Å². The number of thiazole rings is 1. The maximum Gasteiger partial charge on any atom is 0.315 e. The summed E-state index contributed by atoms with van der Waals surface area (Å²) in [6.07, 6.45) is 5.47. The Morgan fingerprint density at radius 1 is 1.53 bits per heavy atom. The molecule has 1 aliphatic rings. The summed E-state index contributed by atoms with van der Waals surface area (Å²) in [5.74, 6) is 0.615. The van der Waals surface area contributed by atoms with Gasteiger partial charge in [0.15, 0.2) is 0 Å². The molecule has 1 saturated carbocycles. The lowest BCUT2D eigenvalue weighted by atomic mass is 10.1. The van der Waals surface area contributed by atoms with Crippen molar-refractivity contribution in [3.63, 3.8) is 0 Å². The fourth-order valence-electron chi connectivity index (χ4n) is 2.54. The van der Waals surface area contributed by atoms with Crippen molar-refractivity contribution >= 4 is 17.4 Å². The third-order valence-electron chi connectivity index (χ3n) is 3.70. The molecule has 0 spiro atoms. The summed E-state index contributed by atoms with van der Waals surface area (Å²) in [7, 11) is 0. The summed E-state index contributed by atoms with van der Waals surface area (Å²) in [6.45, 7) is 4.93. The molecule has 2 N–H and O–H groups in total. The molecule has 1 fully saturated rings. The van der Waals surface area contributed by atoms with Gasteiger partial charge in [-0.3, -0.25) is 0 Å². The first-order valence-electron chi connectivity index (χ1n) is 7.10. The van der Waals surface area contributed by atoms with Crippen LogP contribution in [0.1, 0.15) is 43.3 Å². The number of hydrogen-bond donors (Lipinski definition) is 2. The third kappa shape index (κ3) is 4.49. The Morgan fingerprint density at radius 2 is 2.37 bits per heavy atom. The predicted molar refractivity (Wildman–Crippen MR) is 78.5 cm³/mol. The summed E-state index contributed by atoms with van der Waals surface area (Å²) in [5, 5.41) is 9.23. The minimum absolute atomic E-state index is 0.0194. The minimum Gasteiger partial charge on any atom is -0.338 e. The lowest BCUT2D eigenvalue weighted by Crippen LogP contribution is -2.43. The van der Waals surface area contributed by atoms with E-state index in [4.69, 9.17) is 0 Å². The Hall–Kier alpha value is -1.10. The van der Waals surface area contributed by atoms with Crippen molar-refractivity contribution in [1.82, 2.24) is 15.6 Å². The number of aryl methyl sites for hydroxylation is 2. The van der Waals surface area contributed by atoms with Gasteiger partial charge in [-0.05, 0) is 32.1 Å². The van der Waals surface area contributed by atoms with Gasteiger partial charge in [0.2, 0.25) is 0 Å². The first-order valence-corrected chi connectivity index (χ1v) is 7.98. The van der Waals surface area contributed by atoms with Gasteiger partial charge in [-0.25, -0.2) is 9.78 Å². The number of carbonyl (C=O) groups excluding carboxylic acids is 1. The molecule has 0 bridgehead atoms. The molecular formula is C14H23N3OS. The maximum atomic E-state index is 11.7. The second kappa shape index (κ2) is 6.89. The molecule has 2 amide bonds. The Labute approximate surface area is 119 Å². The topological polar surface area (TPSA) is 54.0 Å². The van der Waals surface area contributed by atoms with Crippen LogP contribution in [-0.4, -0.2) is 23.6 Å². The maximum absolute atomic E-state index is 11.7. The van der Waals surface area contributed by atoms with Gasteiger partial charge in [0.25, 0.3) is 0 Å². The molecule has 106 valence electrons. The molecule has 0 radical (unpaired) electrons. The molecule has 4 nitrogen and oxygen atoms in total. The summed E-state index contributed by atoms with van der Waals surface area (Å²) < 4.78 is 0. The predicted octanol–water partition coefficient (Wildman–Crippen LogP) is 2.87. The molecule has 1 aromatic heterocycles. The highest BCUT2D eigenvalue weighted by Crippen LogP contribution is 2.24. The molecule has 2 rings (SSSR count). The first kappa shape index (κ1) is 14.3. The van der Waals surface area contributed by atoms with Crippen molar-refractivity contribution in [3.05, 3.63) is 16.1 Å². The zero-order valence-electron chi connectivity index (χ0n) is 11.7. The van der Waals surface area contributed by atoms with Crippen LogP contribution in [0.3, 0.4) is 0 Å². The normalized spacial score (nSPS) is 22.4. The second-order valence-electron chi connectivity index (χ2n) is 5.40. The molecule has 1 aromatic rings. The van der Waals surface area contributed by atoms with Crippen molar-refractivity contribution < 1.29 is 4.79 Å². The van der Waals surface area contributed by atoms with Gasteiger partial charge >= 0.3 is 6.03 Å². The van der Waals surface area contributed by atoms with E-state index in [0.29, 0.717) is 18.5 Å². The van der Waals surface area contributed by atoms with Crippen LogP contribution in [0.2, 0.25) is 0 Å². The summed E-state index contributed by atoms with van der Waals surface area (Å²) in [5.41, 5.74) is 1.08. The quantitative estimate of drug-likeness (QED) is 0.815. The van der Waals surface area contributed by atoms with Gasteiger partial charge in [0, 0.05) is 30.1 Å². The van der Waals surface area contributed by atoms with Crippen molar-refractivity contribution in [2.24, 2.45) is 5.92 Å². The van der Waals surface area contributed by atoms with E-state index in [0.717, 1.165) is 30.0 Å². The van der Waals surface area contributed by atoms with Crippen LogP contribution in [0.25, 0.3) is 0 Å². The van der Waals surface area contributed by atoms with Gasteiger partial charge in [0.1, 0.15) is 0 Å². The minimum atomic E-state index is -0.0194. The number of urea groups is 1. The fourth-order valence-corrected chi connectivity index (χ4v) is 3.36. The highest BCUT2D eigenvalue weighted by atomic mass is 32.1.